The maximum Gasteiger partial charge on any atom is 0.236 e. The number of aromatic nitrogens is 1. The number of benzene rings is 2. The van der Waals surface area contributed by atoms with Gasteiger partial charge in [-0.2, -0.15) is 5.10 Å². The van der Waals surface area contributed by atoms with E-state index in [-0.39, 0.29) is 5.96 Å². The van der Waals surface area contributed by atoms with Crippen LogP contribution in [-0.4, -0.2) is 30.3 Å². The minimum Gasteiger partial charge on any atom is -0.369 e. The van der Waals surface area contributed by atoms with Gasteiger partial charge in [-0.05, 0) is 25.1 Å². The Morgan fingerprint density at radius 3 is 2.26 bits per heavy atom. The summed E-state index contributed by atoms with van der Waals surface area (Å²) in [4.78, 5) is 0. The van der Waals surface area contributed by atoms with Gasteiger partial charge in [-0.15, -0.1) is 5.10 Å². The third-order valence-electron chi connectivity index (χ3n) is 3.96. The van der Waals surface area contributed by atoms with E-state index in [1.54, 1.807) is 43.3 Å². The van der Waals surface area contributed by atoms with Gasteiger partial charge in [0.15, 0.2) is 0 Å². The summed E-state index contributed by atoms with van der Waals surface area (Å²) in [5, 5.41) is 9.04. The van der Waals surface area contributed by atoms with Crippen LogP contribution in [0, 0.1) is 0 Å². The van der Waals surface area contributed by atoms with Gasteiger partial charge in [0.05, 0.1) is 23.2 Å². The van der Waals surface area contributed by atoms with Crippen molar-refractivity contribution in [1.29, 1.82) is 0 Å². The quantitative estimate of drug-likeness (QED) is 0.395. The first kappa shape index (κ1) is 18.9. The molecule has 0 aliphatic heterocycles. The topological polar surface area (TPSA) is 116 Å². The van der Waals surface area contributed by atoms with Crippen LogP contribution in [-0.2, 0) is 10.0 Å². The standard InChI is InChI=1S/C18H18ClN5O2S/c1-11(22-23-18(20)21)16-14-5-3-4-6-15(14)24(27(2,25)26)17(16)12-7-9-13(19)10-8-12/h3-10H,1-2H3,(H4,20,21,23). The number of fused-ring (bicyclic) bond motifs is 1. The summed E-state index contributed by atoms with van der Waals surface area (Å²) in [7, 11) is -3.62. The Bertz CT molecular complexity index is 1170. The molecule has 2 aromatic carbocycles. The minimum atomic E-state index is -3.62. The Balaban J connectivity index is 2.50. The predicted octanol–water partition coefficient (Wildman–Crippen LogP) is 2.77. The van der Waals surface area contributed by atoms with Crippen molar-refractivity contribution in [1.82, 2.24) is 3.97 Å². The lowest BCUT2D eigenvalue weighted by molar-refractivity contribution is 0.595. The van der Waals surface area contributed by atoms with E-state index >= 15 is 0 Å². The van der Waals surface area contributed by atoms with Gasteiger partial charge in [0.25, 0.3) is 0 Å². The average molecular weight is 404 g/mol. The van der Waals surface area contributed by atoms with Gasteiger partial charge < -0.3 is 11.5 Å². The van der Waals surface area contributed by atoms with E-state index in [0.717, 1.165) is 11.6 Å². The fourth-order valence-corrected chi connectivity index (χ4v) is 4.15. The van der Waals surface area contributed by atoms with Crippen molar-refractivity contribution < 1.29 is 8.42 Å². The smallest absolute Gasteiger partial charge is 0.236 e. The van der Waals surface area contributed by atoms with Crippen LogP contribution in [0.4, 0.5) is 0 Å². The molecule has 1 heterocycles. The Hall–Kier alpha value is -2.84. The van der Waals surface area contributed by atoms with Crippen molar-refractivity contribution in [2.75, 3.05) is 6.26 Å². The molecule has 0 atom stereocenters. The van der Waals surface area contributed by atoms with Crippen LogP contribution < -0.4 is 11.5 Å². The molecular formula is C18H18ClN5O2S. The lowest BCUT2D eigenvalue weighted by Gasteiger charge is -2.11. The number of guanidine groups is 1. The highest BCUT2D eigenvalue weighted by molar-refractivity contribution is 7.89. The fourth-order valence-electron chi connectivity index (χ4n) is 2.97. The summed E-state index contributed by atoms with van der Waals surface area (Å²) in [6, 6.07) is 14.1. The summed E-state index contributed by atoms with van der Waals surface area (Å²) in [6.07, 6.45) is 1.16. The van der Waals surface area contributed by atoms with E-state index in [1.165, 1.54) is 3.97 Å². The van der Waals surface area contributed by atoms with Crippen molar-refractivity contribution in [2.45, 2.75) is 6.92 Å². The number of hydrogen-bond donors (Lipinski definition) is 2. The number of hydrogen-bond acceptors (Lipinski definition) is 4. The monoisotopic (exact) mass is 403 g/mol. The Morgan fingerprint density at radius 1 is 1.04 bits per heavy atom. The molecule has 1 aromatic heterocycles. The van der Waals surface area contributed by atoms with Crippen LogP contribution in [0.5, 0.6) is 0 Å². The second-order valence-electron chi connectivity index (χ2n) is 5.99. The highest BCUT2D eigenvalue weighted by Gasteiger charge is 2.25. The third-order valence-corrected chi connectivity index (χ3v) is 5.25. The molecule has 0 fully saturated rings. The highest BCUT2D eigenvalue weighted by Crippen LogP contribution is 2.36. The second kappa shape index (κ2) is 7.05. The van der Waals surface area contributed by atoms with Crippen molar-refractivity contribution in [3.8, 4) is 11.3 Å². The molecule has 3 rings (SSSR count). The third kappa shape index (κ3) is 3.67. The zero-order valence-electron chi connectivity index (χ0n) is 14.7. The zero-order valence-corrected chi connectivity index (χ0v) is 16.3. The first-order chi connectivity index (χ1) is 12.7. The molecule has 0 bridgehead atoms. The van der Waals surface area contributed by atoms with Crippen molar-refractivity contribution in [3.63, 3.8) is 0 Å². The van der Waals surface area contributed by atoms with E-state index in [1.807, 2.05) is 12.1 Å². The molecule has 4 N–H and O–H groups in total. The fraction of sp³-hybridized carbons (Fsp3) is 0.111. The van der Waals surface area contributed by atoms with Crippen molar-refractivity contribution in [3.05, 3.63) is 59.1 Å². The van der Waals surface area contributed by atoms with E-state index < -0.39 is 10.0 Å². The maximum absolute atomic E-state index is 12.6. The van der Waals surface area contributed by atoms with Gasteiger partial charge in [0.2, 0.25) is 16.0 Å². The van der Waals surface area contributed by atoms with E-state index in [0.29, 0.717) is 33.1 Å². The van der Waals surface area contributed by atoms with Crippen LogP contribution >= 0.6 is 11.6 Å². The SMILES string of the molecule is CC(=NN=C(N)N)c1c(-c2ccc(Cl)cc2)n(S(C)(=O)=O)c2ccccc12. The van der Waals surface area contributed by atoms with Crippen LogP contribution in [0.15, 0.2) is 58.7 Å². The lowest BCUT2D eigenvalue weighted by Crippen LogP contribution is -2.22. The summed E-state index contributed by atoms with van der Waals surface area (Å²) < 4.78 is 26.6. The zero-order chi connectivity index (χ0) is 19.8. The van der Waals surface area contributed by atoms with Gasteiger partial charge in [0.1, 0.15) is 0 Å². The molecule has 7 nitrogen and oxygen atoms in total. The number of nitrogens with zero attached hydrogens (tertiary/aromatic N) is 3. The second-order valence-corrected chi connectivity index (χ2v) is 8.25. The molecule has 0 unspecified atom stereocenters. The Labute approximate surface area is 162 Å². The molecule has 0 radical (unpaired) electrons. The molecule has 0 spiro atoms. The molecule has 0 amide bonds. The number of rotatable bonds is 4. The molecular weight excluding hydrogens is 386 g/mol. The van der Waals surface area contributed by atoms with Crippen molar-refractivity contribution in [2.24, 2.45) is 21.7 Å². The van der Waals surface area contributed by atoms with Gasteiger partial charge >= 0.3 is 0 Å². The number of nitrogens with two attached hydrogens (primary N) is 2. The molecule has 3 aromatic rings. The first-order valence-electron chi connectivity index (χ1n) is 7.93. The summed E-state index contributed by atoms with van der Waals surface area (Å²) >= 11 is 6.00. The van der Waals surface area contributed by atoms with Gasteiger partial charge in [-0.25, -0.2) is 12.4 Å². The maximum atomic E-state index is 12.6. The van der Waals surface area contributed by atoms with Crippen LogP contribution in [0.1, 0.15) is 12.5 Å². The highest BCUT2D eigenvalue weighted by atomic mass is 35.5. The largest absolute Gasteiger partial charge is 0.369 e. The summed E-state index contributed by atoms with van der Waals surface area (Å²) in [5.41, 5.74) is 13.6. The number of para-hydroxylation sites is 1. The Kier molecular flexibility index (Phi) is 4.95. The average Bonchev–Trinajstić information content (AvgIpc) is 2.95. The van der Waals surface area contributed by atoms with Gasteiger partial charge in [-0.3, -0.25) is 0 Å². The van der Waals surface area contributed by atoms with E-state index in [2.05, 4.69) is 10.2 Å². The molecule has 0 saturated heterocycles. The summed E-state index contributed by atoms with van der Waals surface area (Å²) in [6.45, 7) is 1.72. The molecule has 9 heteroatoms. The van der Waals surface area contributed by atoms with Crippen LogP contribution in [0.25, 0.3) is 22.2 Å². The molecule has 0 saturated carbocycles. The lowest BCUT2D eigenvalue weighted by atomic mass is 10.0. The van der Waals surface area contributed by atoms with E-state index in [4.69, 9.17) is 23.1 Å². The van der Waals surface area contributed by atoms with Crippen LogP contribution in [0.3, 0.4) is 0 Å². The predicted molar refractivity (Wildman–Crippen MR) is 111 cm³/mol. The van der Waals surface area contributed by atoms with Crippen LogP contribution in [0.2, 0.25) is 5.02 Å². The molecule has 27 heavy (non-hydrogen) atoms. The van der Waals surface area contributed by atoms with Gasteiger partial charge in [0, 0.05) is 21.5 Å². The number of halogens is 1. The van der Waals surface area contributed by atoms with Gasteiger partial charge in [-0.1, -0.05) is 41.9 Å². The normalized spacial score (nSPS) is 12.3. The van der Waals surface area contributed by atoms with E-state index in [9.17, 15) is 8.42 Å². The summed E-state index contributed by atoms with van der Waals surface area (Å²) in [5.74, 6) is -0.186. The van der Waals surface area contributed by atoms with Crippen molar-refractivity contribution >= 4 is 44.2 Å². The molecule has 140 valence electrons. The minimum absolute atomic E-state index is 0.186. The first-order valence-corrected chi connectivity index (χ1v) is 10.2. The molecule has 0 aliphatic carbocycles. The molecule has 0 aliphatic rings. The Morgan fingerprint density at radius 2 is 1.67 bits per heavy atom.